The molecular weight excluding hydrogens is 279 g/mol. The standard InChI is InChI=1S/C14H11FN2O4/c15-14-11(4-1-5-16-14)21-13-7-9-3-2-6-20-12(9)8-10(13)17(18)19/h1,4-5,7-8H,2-3,6H2. The maximum atomic E-state index is 13.5. The van der Waals surface area contributed by atoms with Crippen molar-refractivity contribution < 1.29 is 18.8 Å². The third-order valence-corrected chi connectivity index (χ3v) is 3.13. The Balaban J connectivity index is 2.04. The van der Waals surface area contributed by atoms with Gasteiger partial charge in [0.05, 0.1) is 17.6 Å². The van der Waals surface area contributed by atoms with Crippen LogP contribution in [0.5, 0.6) is 17.2 Å². The summed E-state index contributed by atoms with van der Waals surface area (Å²) >= 11 is 0. The zero-order valence-electron chi connectivity index (χ0n) is 10.9. The molecule has 7 heteroatoms. The number of nitro groups is 1. The van der Waals surface area contributed by atoms with E-state index in [2.05, 4.69) is 4.98 Å². The number of hydrogen-bond acceptors (Lipinski definition) is 5. The number of nitro benzene ring substituents is 1. The van der Waals surface area contributed by atoms with Gasteiger partial charge in [0.25, 0.3) is 5.95 Å². The molecule has 0 spiro atoms. The topological polar surface area (TPSA) is 74.5 Å². The number of nitrogens with zero attached hydrogens (tertiary/aromatic N) is 2. The van der Waals surface area contributed by atoms with E-state index in [1.807, 2.05) is 0 Å². The summed E-state index contributed by atoms with van der Waals surface area (Å²) in [5.41, 5.74) is 0.546. The maximum absolute atomic E-state index is 13.5. The van der Waals surface area contributed by atoms with Crippen LogP contribution in [0.15, 0.2) is 30.5 Å². The van der Waals surface area contributed by atoms with Gasteiger partial charge >= 0.3 is 5.69 Å². The summed E-state index contributed by atoms with van der Waals surface area (Å²) in [5, 5.41) is 11.1. The minimum Gasteiger partial charge on any atom is -0.493 e. The molecule has 3 rings (SSSR count). The summed E-state index contributed by atoms with van der Waals surface area (Å²) in [7, 11) is 0. The molecule has 0 unspecified atom stereocenters. The molecule has 0 fully saturated rings. The Hall–Kier alpha value is -2.70. The molecule has 0 saturated carbocycles. The highest BCUT2D eigenvalue weighted by atomic mass is 19.1. The summed E-state index contributed by atoms with van der Waals surface area (Å²) < 4.78 is 24.2. The van der Waals surface area contributed by atoms with Crippen LogP contribution in [0.4, 0.5) is 10.1 Å². The van der Waals surface area contributed by atoms with E-state index in [1.54, 1.807) is 0 Å². The molecule has 6 nitrogen and oxygen atoms in total. The van der Waals surface area contributed by atoms with E-state index >= 15 is 0 Å². The fraction of sp³-hybridized carbons (Fsp3) is 0.214. The van der Waals surface area contributed by atoms with Crippen LogP contribution < -0.4 is 9.47 Å². The normalized spacial score (nSPS) is 13.2. The molecule has 0 aliphatic carbocycles. The summed E-state index contributed by atoms with van der Waals surface area (Å²) in [6, 6.07) is 5.70. The van der Waals surface area contributed by atoms with E-state index in [9.17, 15) is 14.5 Å². The number of hydrogen-bond donors (Lipinski definition) is 0. The van der Waals surface area contributed by atoms with Gasteiger partial charge in [0.1, 0.15) is 5.75 Å². The van der Waals surface area contributed by atoms with Gasteiger partial charge in [0, 0.05) is 6.20 Å². The second kappa shape index (κ2) is 5.35. The van der Waals surface area contributed by atoms with E-state index in [0.717, 1.165) is 18.4 Å². The lowest BCUT2D eigenvalue weighted by atomic mass is 10.1. The molecule has 108 valence electrons. The van der Waals surface area contributed by atoms with Crippen LogP contribution in [-0.2, 0) is 6.42 Å². The maximum Gasteiger partial charge on any atom is 0.315 e. The SMILES string of the molecule is O=[N+]([O-])c1cc2c(cc1Oc1cccnc1F)CCCO2. The number of benzene rings is 1. The first-order valence-electron chi connectivity index (χ1n) is 6.37. The lowest BCUT2D eigenvalue weighted by molar-refractivity contribution is -0.385. The molecule has 2 heterocycles. The highest BCUT2D eigenvalue weighted by Gasteiger charge is 2.23. The van der Waals surface area contributed by atoms with Crippen LogP contribution in [0.2, 0.25) is 0 Å². The van der Waals surface area contributed by atoms with Crippen LogP contribution in [0.1, 0.15) is 12.0 Å². The fourth-order valence-electron chi connectivity index (χ4n) is 2.16. The van der Waals surface area contributed by atoms with Crippen LogP contribution in [-0.4, -0.2) is 16.5 Å². The molecule has 0 N–H and O–H groups in total. The molecule has 0 saturated heterocycles. The molecule has 0 radical (unpaired) electrons. The highest BCUT2D eigenvalue weighted by molar-refractivity contribution is 5.56. The van der Waals surface area contributed by atoms with Gasteiger partial charge in [-0.15, -0.1) is 0 Å². The summed E-state index contributed by atoms with van der Waals surface area (Å²) in [6.07, 6.45) is 2.84. The van der Waals surface area contributed by atoms with E-state index in [0.29, 0.717) is 12.4 Å². The minimum absolute atomic E-state index is 0.0175. The number of ether oxygens (including phenoxy) is 2. The number of aryl methyl sites for hydroxylation is 1. The van der Waals surface area contributed by atoms with Gasteiger partial charge in [0.15, 0.2) is 5.75 Å². The lowest BCUT2D eigenvalue weighted by Gasteiger charge is -2.18. The van der Waals surface area contributed by atoms with Gasteiger partial charge in [-0.1, -0.05) is 0 Å². The molecule has 0 bridgehead atoms. The smallest absolute Gasteiger partial charge is 0.315 e. The van der Waals surface area contributed by atoms with Crippen LogP contribution in [0.3, 0.4) is 0 Å². The summed E-state index contributed by atoms with van der Waals surface area (Å²) in [6.45, 7) is 0.529. The van der Waals surface area contributed by atoms with Gasteiger partial charge in [-0.3, -0.25) is 10.1 Å². The number of aromatic nitrogens is 1. The van der Waals surface area contributed by atoms with Crippen molar-refractivity contribution in [2.45, 2.75) is 12.8 Å². The quantitative estimate of drug-likeness (QED) is 0.493. The number of rotatable bonds is 3. The van der Waals surface area contributed by atoms with Crippen molar-refractivity contribution in [1.82, 2.24) is 4.98 Å². The van der Waals surface area contributed by atoms with Crippen molar-refractivity contribution in [3.05, 3.63) is 52.1 Å². The van der Waals surface area contributed by atoms with Crippen molar-refractivity contribution in [2.75, 3.05) is 6.61 Å². The first-order chi connectivity index (χ1) is 10.1. The Bertz CT molecular complexity index is 705. The van der Waals surface area contributed by atoms with Crippen molar-refractivity contribution >= 4 is 5.69 Å². The Morgan fingerprint density at radius 3 is 3.00 bits per heavy atom. The minimum atomic E-state index is -0.819. The van der Waals surface area contributed by atoms with Gasteiger partial charge in [-0.25, -0.2) is 4.98 Å². The van der Waals surface area contributed by atoms with E-state index in [-0.39, 0.29) is 17.2 Å². The Morgan fingerprint density at radius 2 is 2.24 bits per heavy atom. The molecule has 0 amide bonds. The van der Waals surface area contributed by atoms with Crippen LogP contribution >= 0.6 is 0 Å². The molecule has 2 aromatic rings. The predicted molar refractivity (Wildman–Crippen MR) is 71.2 cm³/mol. The summed E-state index contributed by atoms with van der Waals surface area (Å²) in [4.78, 5) is 14.0. The molecule has 1 aliphatic heterocycles. The third-order valence-electron chi connectivity index (χ3n) is 3.13. The van der Waals surface area contributed by atoms with Gasteiger partial charge < -0.3 is 9.47 Å². The largest absolute Gasteiger partial charge is 0.493 e. The average molecular weight is 290 g/mol. The third kappa shape index (κ3) is 2.62. The number of fused-ring (bicyclic) bond motifs is 1. The number of pyridine rings is 1. The fourth-order valence-corrected chi connectivity index (χ4v) is 2.16. The van der Waals surface area contributed by atoms with Crippen molar-refractivity contribution in [1.29, 1.82) is 0 Å². The van der Waals surface area contributed by atoms with Crippen LogP contribution in [0.25, 0.3) is 0 Å². The molecule has 0 atom stereocenters. The average Bonchev–Trinajstić information content (AvgIpc) is 2.48. The van der Waals surface area contributed by atoms with Crippen molar-refractivity contribution in [3.8, 4) is 17.2 Å². The van der Waals surface area contributed by atoms with Crippen LogP contribution in [0, 0.1) is 16.1 Å². The zero-order valence-corrected chi connectivity index (χ0v) is 10.9. The van der Waals surface area contributed by atoms with E-state index < -0.39 is 10.9 Å². The monoisotopic (exact) mass is 290 g/mol. The number of halogens is 1. The first-order valence-corrected chi connectivity index (χ1v) is 6.37. The molecule has 1 aromatic carbocycles. The van der Waals surface area contributed by atoms with E-state index in [4.69, 9.17) is 9.47 Å². The lowest BCUT2D eigenvalue weighted by Crippen LogP contribution is -2.09. The van der Waals surface area contributed by atoms with Gasteiger partial charge in [0.2, 0.25) is 5.75 Å². The van der Waals surface area contributed by atoms with Gasteiger partial charge in [-0.05, 0) is 36.6 Å². The molecular formula is C14H11FN2O4. The Morgan fingerprint density at radius 1 is 1.38 bits per heavy atom. The molecule has 1 aliphatic rings. The molecule has 1 aromatic heterocycles. The summed E-state index contributed by atoms with van der Waals surface area (Å²) in [5.74, 6) is -0.513. The van der Waals surface area contributed by atoms with E-state index in [1.165, 1.54) is 30.5 Å². The predicted octanol–water partition coefficient (Wildman–Crippen LogP) is 3.25. The zero-order chi connectivity index (χ0) is 14.8. The Kier molecular flexibility index (Phi) is 3.39. The second-order valence-corrected chi connectivity index (χ2v) is 4.53. The van der Waals surface area contributed by atoms with Crippen molar-refractivity contribution in [2.24, 2.45) is 0 Å². The Labute approximate surface area is 119 Å². The second-order valence-electron chi connectivity index (χ2n) is 4.53. The molecule has 21 heavy (non-hydrogen) atoms. The van der Waals surface area contributed by atoms with Gasteiger partial charge in [-0.2, -0.15) is 4.39 Å². The highest BCUT2D eigenvalue weighted by Crippen LogP contribution is 2.39. The van der Waals surface area contributed by atoms with Crippen molar-refractivity contribution in [3.63, 3.8) is 0 Å². The first kappa shape index (κ1) is 13.3.